The van der Waals surface area contributed by atoms with Gasteiger partial charge < -0.3 is 5.73 Å². The third-order valence-electron chi connectivity index (χ3n) is 4.66. The minimum Gasteiger partial charge on any atom is -0.399 e. The average Bonchev–Trinajstić information content (AvgIpc) is 2.89. The molecular formula is C15H24ClN3O4S2. The highest BCUT2D eigenvalue weighted by atomic mass is 35.5. The number of nitrogens with zero attached hydrogens (tertiary/aromatic N) is 2. The van der Waals surface area contributed by atoms with Gasteiger partial charge in [0.25, 0.3) is 0 Å². The van der Waals surface area contributed by atoms with Crippen molar-refractivity contribution in [2.45, 2.75) is 18.2 Å². The summed E-state index contributed by atoms with van der Waals surface area (Å²) in [6.45, 7) is 2.81. The monoisotopic (exact) mass is 409 g/mol. The molecule has 1 unspecified atom stereocenters. The molecule has 2 aliphatic heterocycles. The van der Waals surface area contributed by atoms with Crippen LogP contribution in [0.5, 0.6) is 0 Å². The smallest absolute Gasteiger partial charge is 0.218 e. The third kappa shape index (κ3) is 4.85. The first-order valence-corrected chi connectivity index (χ1v) is 11.3. The van der Waals surface area contributed by atoms with E-state index >= 15 is 0 Å². The van der Waals surface area contributed by atoms with E-state index in [-0.39, 0.29) is 30.3 Å². The second-order valence-corrected chi connectivity index (χ2v) is 10.9. The molecule has 0 aliphatic carbocycles. The second kappa shape index (κ2) is 7.79. The highest BCUT2D eigenvalue weighted by Crippen LogP contribution is 2.23. The highest BCUT2D eigenvalue weighted by Gasteiger charge is 2.41. The van der Waals surface area contributed by atoms with Gasteiger partial charge in [0.05, 0.1) is 16.8 Å². The van der Waals surface area contributed by atoms with E-state index in [1.165, 1.54) is 4.31 Å². The number of sulfone groups is 1. The van der Waals surface area contributed by atoms with Crippen LogP contribution in [0.1, 0.15) is 12.0 Å². The van der Waals surface area contributed by atoms with Crippen LogP contribution in [-0.4, -0.2) is 69.0 Å². The molecule has 1 atom stereocenters. The molecule has 25 heavy (non-hydrogen) atoms. The van der Waals surface area contributed by atoms with Crippen LogP contribution in [0.3, 0.4) is 0 Å². The van der Waals surface area contributed by atoms with Gasteiger partial charge in [0.2, 0.25) is 10.0 Å². The van der Waals surface area contributed by atoms with E-state index in [1.807, 2.05) is 24.3 Å². The maximum absolute atomic E-state index is 12.6. The van der Waals surface area contributed by atoms with E-state index in [9.17, 15) is 16.8 Å². The molecule has 1 aromatic carbocycles. The molecule has 2 saturated heterocycles. The van der Waals surface area contributed by atoms with E-state index in [0.717, 1.165) is 17.8 Å². The standard InChI is InChI=1S/C15H23N3O4S2.ClH/c16-14-3-1-2-13(10-14)11-17-5-7-18(8-6-17)24(21,22)15-4-9-23(19,20)12-15;/h1-3,10,15H,4-9,11-12,16H2;1H. The largest absolute Gasteiger partial charge is 0.399 e. The summed E-state index contributed by atoms with van der Waals surface area (Å²) < 4.78 is 49.8. The third-order valence-corrected chi connectivity index (χ3v) is 8.97. The first-order chi connectivity index (χ1) is 11.3. The van der Waals surface area contributed by atoms with Gasteiger partial charge >= 0.3 is 0 Å². The van der Waals surface area contributed by atoms with Gasteiger partial charge in [-0.1, -0.05) is 12.1 Å². The Kier molecular flexibility index (Phi) is 6.37. The predicted octanol–water partition coefficient (Wildman–Crippen LogP) is 0.325. The van der Waals surface area contributed by atoms with Gasteiger partial charge in [0.15, 0.2) is 9.84 Å². The molecule has 0 saturated carbocycles. The van der Waals surface area contributed by atoms with Crippen molar-refractivity contribution in [1.82, 2.24) is 9.21 Å². The molecule has 0 radical (unpaired) electrons. The number of hydrogen-bond acceptors (Lipinski definition) is 6. The van der Waals surface area contributed by atoms with Gasteiger partial charge in [-0.2, -0.15) is 4.31 Å². The summed E-state index contributed by atoms with van der Waals surface area (Å²) in [5, 5.41) is -0.775. The molecular weight excluding hydrogens is 386 g/mol. The Morgan fingerprint density at radius 3 is 2.40 bits per heavy atom. The van der Waals surface area contributed by atoms with Gasteiger partial charge in [-0.15, -0.1) is 12.4 Å². The quantitative estimate of drug-likeness (QED) is 0.719. The van der Waals surface area contributed by atoms with Crippen LogP contribution >= 0.6 is 12.4 Å². The number of nitrogens with two attached hydrogens (primary N) is 1. The zero-order valence-electron chi connectivity index (χ0n) is 13.9. The van der Waals surface area contributed by atoms with Crippen molar-refractivity contribution in [3.05, 3.63) is 29.8 Å². The fourth-order valence-corrected chi connectivity index (χ4v) is 7.81. The van der Waals surface area contributed by atoms with E-state index in [1.54, 1.807) is 0 Å². The molecule has 10 heteroatoms. The van der Waals surface area contributed by atoms with Gasteiger partial charge in [0.1, 0.15) is 0 Å². The Balaban J connectivity index is 0.00000225. The Morgan fingerprint density at radius 1 is 1.16 bits per heavy atom. The fourth-order valence-electron chi connectivity index (χ4n) is 3.30. The lowest BCUT2D eigenvalue weighted by atomic mass is 10.2. The van der Waals surface area contributed by atoms with Crippen LogP contribution in [0, 0.1) is 0 Å². The lowest BCUT2D eigenvalue weighted by molar-refractivity contribution is 0.181. The molecule has 3 rings (SSSR count). The molecule has 0 aromatic heterocycles. The van der Waals surface area contributed by atoms with Crippen molar-refractivity contribution in [2.24, 2.45) is 0 Å². The summed E-state index contributed by atoms with van der Waals surface area (Å²) in [5.41, 5.74) is 7.60. The number of piperazine rings is 1. The summed E-state index contributed by atoms with van der Waals surface area (Å²) >= 11 is 0. The zero-order valence-corrected chi connectivity index (χ0v) is 16.3. The lowest BCUT2D eigenvalue weighted by Gasteiger charge is -2.35. The van der Waals surface area contributed by atoms with Gasteiger partial charge in [-0.05, 0) is 24.1 Å². The lowest BCUT2D eigenvalue weighted by Crippen LogP contribution is -2.50. The molecule has 2 fully saturated rings. The zero-order chi connectivity index (χ0) is 17.4. The molecule has 0 amide bonds. The van der Waals surface area contributed by atoms with Crippen molar-refractivity contribution in [3.63, 3.8) is 0 Å². The number of benzene rings is 1. The van der Waals surface area contributed by atoms with E-state index in [0.29, 0.717) is 26.2 Å². The highest BCUT2D eigenvalue weighted by molar-refractivity contribution is 7.95. The maximum atomic E-state index is 12.6. The predicted molar refractivity (Wildman–Crippen MR) is 101 cm³/mol. The Labute approximate surface area is 155 Å². The van der Waals surface area contributed by atoms with Crippen molar-refractivity contribution >= 4 is 38.0 Å². The Morgan fingerprint density at radius 2 is 1.84 bits per heavy atom. The summed E-state index contributed by atoms with van der Waals surface area (Å²) in [6.07, 6.45) is 0.216. The molecule has 2 aliphatic rings. The minimum absolute atomic E-state index is 0. The Bertz CT molecular complexity index is 806. The van der Waals surface area contributed by atoms with Crippen molar-refractivity contribution < 1.29 is 16.8 Å². The number of sulfonamides is 1. The molecule has 0 spiro atoms. The summed E-state index contributed by atoms with van der Waals surface area (Å²) in [4.78, 5) is 2.19. The minimum atomic E-state index is -3.53. The average molecular weight is 410 g/mol. The number of rotatable bonds is 4. The van der Waals surface area contributed by atoms with E-state index in [2.05, 4.69) is 4.90 Å². The van der Waals surface area contributed by atoms with Crippen molar-refractivity contribution in [3.8, 4) is 0 Å². The van der Waals surface area contributed by atoms with Crippen LogP contribution in [0.2, 0.25) is 0 Å². The summed E-state index contributed by atoms with van der Waals surface area (Å²) in [5.74, 6) is -0.259. The van der Waals surface area contributed by atoms with Crippen molar-refractivity contribution in [1.29, 1.82) is 0 Å². The van der Waals surface area contributed by atoms with Crippen LogP contribution < -0.4 is 5.73 Å². The topological polar surface area (TPSA) is 101 Å². The maximum Gasteiger partial charge on any atom is 0.218 e. The summed E-state index contributed by atoms with van der Waals surface area (Å²) in [7, 11) is -6.73. The molecule has 7 nitrogen and oxygen atoms in total. The van der Waals surface area contributed by atoms with Gasteiger partial charge in [-0.3, -0.25) is 4.90 Å². The van der Waals surface area contributed by atoms with Gasteiger partial charge in [-0.25, -0.2) is 16.8 Å². The first kappa shape index (κ1) is 20.4. The van der Waals surface area contributed by atoms with Crippen LogP contribution in [0.4, 0.5) is 5.69 Å². The molecule has 142 valence electrons. The molecule has 0 bridgehead atoms. The number of hydrogen-bond donors (Lipinski definition) is 1. The van der Waals surface area contributed by atoms with Crippen LogP contribution in [-0.2, 0) is 26.4 Å². The fraction of sp³-hybridized carbons (Fsp3) is 0.600. The van der Waals surface area contributed by atoms with Crippen LogP contribution in [0.25, 0.3) is 0 Å². The van der Waals surface area contributed by atoms with Gasteiger partial charge in [0, 0.05) is 38.4 Å². The van der Waals surface area contributed by atoms with Crippen molar-refractivity contribution in [2.75, 3.05) is 43.4 Å². The van der Waals surface area contributed by atoms with E-state index < -0.39 is 25.1 Å². The molecule has 2 heterocycles. The summed E-state index contributed by atoms with van der Waals surface area (Å²) in [6, 6.07) is 7.67. The molecule has 1 aromatic rings. The number of anilines is 1. The number of nitrogen functional groups attached to an aromatic ring is 1. The van der Waals surface area contributed by atoms with Crippen LogP contribution in [0.15, 0.2) is 24.3 Å². The second-order valence-electron chi connectivity index (χ2n) is 6.49. The molecule has 2 N–H and O–H groups in total. The number of halogens is 1. The van der Waals surface area contributed by atoms with E-state index in [4.69, 9.17) is 5.73 Å². The Hall–Kier alpha value is -0.870. The SMILES string of the molecule is Cl.Nc1cccc(CN2CCN(S(=O)(=O)C3CCS(=O)(=O)C3)CC2)c1. The normalized spacial score (nSPS) is 24.7. The first-order valence-electron chi connectivity index (χ1n) is 8.02.